The Morgan fingerprint density at radius 3 is 1.95 bits per heavy atom. The minimum Gasteiger partial charge on any atom is -0.482 e. The standard InChI is InChI=1S/C13H10Cl5NO2/c14-8-9(15)11(17)13(12(18)10(8)16)20-5-7-2-1-6(21-7)3-4-19/h1-2H,3-5,19H2. The van der Waals surface area contributed by atoms with Gasteiger partial charge in [0.25, 0.3) is 0 Å². The number of hydrogen-bond donors (Lipinski definition) is 1. The third-order valence-corrected chi connectivity index (χ3v) is 4.88. The average Bonchev–Trinajstić information content (AvgIpc) is 2.91. The second kappa shape index (κ2) is 7.32. The fourth-order valence-electron chi connectivity index (χ4n) is 1.63. The molecule has 8 heteroatoms. The van der Waals surface area contributed by atoms with Crippen LogP contribution in [0.2, 0.25) is 25.1 Å². The number of furan rings is 1. The molecule has 1 aromatic heterocycles. The Hall–Kier alpha value is -0.290. The van der Waals surface area contributed by atoms with E-state index in [1.54, 1.807) is 6.07 Å². The van der Waals surface area contributed by atoms with Gasteiger partial charge in [-0.15, -0.1) is 0 Å². The maximum Gasteiger partial charge on any atom is 0.160 e. The van der Waals surface area contributed by atoms with Crippen LogP contribution in [-0.4, -0.2) is 6.54 Å². The molecule has 0 fully saturated rings. The van der Waals surface area contributed by atoms with Gasteiger partial charge in [0.05, 0.1) is 15.1 Å². The van der Waals surface area contributed by atoms with Crippen LogP contribution in [0.15, 0.2) is 16.5 Å². The molecule has 0 amide bonds. The first-order chi connectivity index (χ1) is 9.95. The minimum atomic E-state index is 0.0870. The second-order valence-corrected chi connectivity index (χ2v) is 5.98. The first-order valence-electron chi connectivity index (χ1n) is 5.87. The van der Waals surface area contributed by atoms with Crippen LogP contribution >= 0.6 is 58.0 Å². The van der Waals surface area contributed by atoms with E-state index in [0.29, 0.717) is 18.7 Å². The van der Waals surface area contributed by atoms with Crippen molar-refractivity contribution in [2.24, 2.45) is 5.73 Å². The third-order valence-electron chi connectivity index (χ3n) is 2.64. The van der Waals surface area contributed by atoms with Crippen molar-refractivity contribution in [2.75, 3.05) is 6.54 Å². The van der Waals surface area contributed by atoms with E-state index in [2.05, 4.69) is 0 Å². The molecule has 1 heterocycles. The van der Waals surface area contributed by atoms with Crippen molar-refractivity contribution in [3.8, 4) is 5.75 Å². The van der Waals surface area contributed by atoms with E-state index in [0.717, 1.165) is 5.76 Å². The highest BCUT2D eigenvalue weighted by Gasteiger charge is 2.20. The number of halogens is 5. The lowest BCUT2D eigenvalue weighted by Crippen LogP contribution is -2.01. The number of rotatable bonds is 5. The van der Waals surface area contributed by atoms with Gasteiger partial charge in [-0.05, 0) is 18.7 Å². The second-order valence-electron chi connectivity index (χ2n) is 4.09. The Kier molecular flexibility index (Phi) is 5.95. The molecule has 21 heavy (non-hydrogen) atoms. The van der Waals surface area contributed by atoms with Crippen molar-refractivity contribution in [3.63, 3.8) is 0 Å². The molecule has 0 aliphatic carbocycles. The van der Waals surface area contributed by atoms with Gasteiger partial charge < -0.3 is 14.9 Å². The Labute approximate surface area is 146 Å². The van der Waals surface area contributed by atoms with Gasteiger partial charge in [0.15, 0.2) is 5.75 Å². The van der Waals surface area contributed by atoms with Gasteiger partial charge in [-0.1, -0.05) is 58.0 Å². The van der Waals surface area contributed by atoms with Crippen molar-refractivity contribution in [1.82, 2.24) is 0 Å². The maximum absolute atomic E-state index is 6.07. The third kappa shape index (κ3) is 3.73. The summed E-state index contributed by atoms with van der Waals surface area (Å²) in [4.78, 5) is 0. The van der Waals surface area contributed by atoms with Crippen molar-refractivity contribution >= 4 is 58.0 Å². The fraction of sp³-hybridized carbons (Fsp3) is 0.231. The lowest BCUT2D eigenvalue weighted by molar-refractivity contribution is 0.266. The van der Waals surface area contributed by atoms with Gasteiger partial charge in [0.2, 0.25) is 0 Å². The summed E-state index contributed by atoms with van der Waals surface area (Å²) >= 11 is 30.0. The van der Waals surface area contributed by atoms with Crippen LogP contribution in [-0.2, 0) is 13.0 Å². The summed E-state index contributed by atoms with van der Waals surface area (Å²) < 4.78 is 11.1. The summed E-state index contributed by atoms with van der Waals surface area (Å²) in [6, 6.07) is 3.61. The monoisotopic (exact) mass is 387 g/mol. The van der Waals surface area contributed by atoms with Crippen LogP contribution in [0, 0.1) is 0 Å². The Morgan fingerprint density at radius 1 is 0.857 bits per heavy atom. The first-order valence-corrected chi connectivity index (χ1v) is 7.76. The van der Waals surface area contributed by atoms with E-state index in [9.17, 15) is 0 Å². The van der Waals surface area contributed by atoms with Crippen molar-refractivity contribution < 1.29 is 9.15 Å². The summed E-state index contributed by atoms with van der Waals surface area (Å²) in [6.45, 7) is 0.631. The molecular formula is C13H10Cl5NO2. The highest BCUT2D eigenvalue weighted by atomic mass is 35.5. The Balaban J connectivity index is 2.20. The molecule has 2 N–H and O–H groups in total. The highest BCUT2D eigenvalue weighted by Crippen LogP contribution is 2.48. The summed E-state index contributed by atoms with van der Waals surface area (Å²) in [5.41, 5.74) is 5.45. The Bertz CT molecular complexity index is 627. The molecule has 0 aliphatic rings. The average molecular weight is 389 g/mol. The van der Waals surface area contributed by atoms with E-state index >= 15 is 0 Å². The van der Waals surface area contributed by atoms with E-state index in [1.165, 1.54) is 0 Å². The number of benzene rings is 1. The summed E-state index contributed by atoms with van der Waals surface area (Å²) in [7, 11) is 0. The van der Waals surface area contributed by atoms with Crippen LogP contribution < -0.4 is 10.5 Å². The Morgan fingerprint density at radius 2 is 1.38 bits per heavy atom. The first kappa shape index (κ1) is 17.1. The summed E-state index contributed by atoms with van der Waals surface area (Å²) in [5.74, 6) is 1.54. The van der Waals surface area contributed by atoms with Crippen molar-refractivity contribution in [1.29, 1.82) is 0 Å². The van der Waals surface area contributed by atoms with E-state index in [-0.39, 0.29) is 37.5 Å². The molecule has 0 saturated carbocycles. The molecule has 1 aromatic carbocycles. The molecular weight excluding hydrogens is 379 g/mol. The lowest BCUT2D eigenvalue weighted by atomic mass is 10.3. The molecule has 0 spiro atoms. The predicted molar refractivity (Wildman–Crippen MR) is 87.3 cm³/mol. The zero-order valence-corrected chi connectivity index (χ0v) is 14.3. The predicted octanol–water partition coefficient (Wildman–Crippen LogP) is 5.63. The smallest absolute Gasteiger partial charge is 0.160 e. The molecule has 0 atom stereocenters. The molecule has 0 radical (unpaired) electrons. The van der Waals surface area contributed by atoms with Crippen LogP contribution in [0.4, 0.5) is 0 Å². The molecule has 0 aliphatic heterocycles. The van der Waals surface area contributed by atoms with Gasteiger partial charge in [-0.2, -0.15) is 0 Å². The van der Waals surface area contributed by atoms with Gasteiger partial charge in [-0.25, -0.2) is 0 Å². The van der Waals surface area contributed by atoms with Crippen LogP contribution in [0.1, 0.15) is 11.5 Å². The minimum absolute atomic E-state index is 0.0870. The van der Waals surface area contributed by atoms with Crippen molar-refractivity contribution in [2.45, 2.75) is 13.0 Å². The largest absolute Gasteiger partial charge is 0.482 e. The zero-order chi connectivity index (χ0) is 15.6. The van der Waals surface area contributed by atoms with Gasteiger partial charge in [-0.3, -0.25) is 0 Å². The summed E-state index contributed by atoms with van der Waals surface area (Å²) in [5, 5.41) is 0.468. The van der Waals surface area contributed by atoms with Crippen molar-refractivity contribution in [3.05, 3.63) is 48.8 Å². The van der Waals surface area contributed by atoms with Gasteiger partial charge in [0, 0.05) is 6.42 Å². The fourth-order valence-corrected chi connectivity index (χ4v) is 2.86. The highest BCUT2D eigenvalue weighted by molar-refractivity contribution is 6.55. The SMILES string of the molecule is NCCc1ccc(COc2c(Cl)c(Cl)c(Cl)c(Cl)c2Cl)o1. The zero-order valence-electron chi connectivity index (χ0n) is 10.6. The molecule has 3 nitrogen and oxygen atoms in total. The van der Waals surface area contributed by atoms with Crippen LogP contribution in [0.25, 0.3) is 0 Å². The topological polar surface area (TPSA) is 48.4 Å². The molecule has 2 rings (SSSR count). The molecule has 2 aromatic rings. The molecule has 0 unspecified atom stereocenters. The van der Waals surface area contributed by atoms with Crippen LogP contribution in [0.3, 0.4) is 0 Å². The maximum atomic E-state index is 6.07. The molecule has 0 bridgehead atoms. The number of nitrogens with two attached hydrogens (primary N) is 1. The molecule has 114 valence electrons. The van der Waals surface area contributed by atoms with Crippen LogP contribution in [0.5, 0.6) is 5.75 Å². The van der Waals surface area contributed by atoms with Gasteiger partial charge >= 0.3 is 0 Å². The lowest BCUT2D eigenvalue weighted by Gasteiger charge is -2.12. The quantitative estimate of drug-likeness (QED) is 0.533. The normalized spacial score (nSPS) is 11.0. The van der Waals surface area contributed by atoms with E-state index < -0.39 is 0 Å². The number of hydrogen-bond acceptors (Lipinski definition) is 3. The number of ether oxygens (including phenoxy) is 1. The van der Waals surface area contributed by atoms with E-state index in [1.807, 2.05) is 6.07 Å². The molecule has 0 saturated heterocycles. The summed E-state index contributed by atoms with van der Waals surface area (Å²) in [6.07, 6.45) is 0.653. The van der Waals surface area contributed by atoms with Gasteiger partial charge in [0.1, 0.15) is 28.2 Å². The van der Waals surface area contributed by atoms with E-state index in [4.69, 9.17) is 72.9 Å².